The van der Waals surface area contributed by atoms with Crippen molar-refractivity contribution in [2.45, 2.75) is 121 Å². The maximum atomic E-state index is 13.6. The predicted molar refractivity (Wildman–Crippen MR) is 441 cm³/mol. The molecule has 6 heterocycles. The highest BCUT2D eigenvalue weighted by molar-refractivity contribution is 8.29. The highest BCUT2D eigenvalue weighted by Gasteiger charge is 2.39. The Labute approximate surface area is 653 Å². The lowest BCUT2D eigenvalue weighted by atomic mass is 10.1. The molecule has 0 spiro atoms. The summed E-state index contributed by atoms with van der Waals surface area (Å²) in [5.74, 6) is 0.116. The summed E-state index contributed by atoms with van der Waals surface area (Å²) in [5.41, 5.74) is 13.9. The zero-order valence-electron chi connectivity index (χ0n) is 62.1. The number of amides is 7. The van der Waals surface area contributed by atoms with Crippen molar-refractivity contribution in [3.63, 3.8) is 0 Å². The minimum atomic E-state index is -0.867. The lowest BCUT2D eigenvalue weighted by molar-refractivity contribution is -0.137. The second-order valence-corrected chi connectivity index (χ2v) is 34.4. The van der Waals surface area contributed by atoms with E-state index in [1.54, 1.807) is 126 Å². The Morgan fingerprint density at radius 2 is 0.936 bits per heavy atom. The number of imidazole rings is 2. The summed E-state index contributed by atoms with van der Waals surface area (Å²) in [4.78, 5) is 121. The van der Waals surface area contributed by atoms with Crippen molar-refractivity contribution in [1.82, 2.24) is 19.1 Å². The minimum absolute atomic E-state index is 0. The molecule has 31 heteroatoms. The summed E-state index contributed by atoms with van der Waals surface area (Å²) in [6.07, 6.45) is 15.3. The van der Waals surface area contributed by atoms with Gasteiger partial charge in [-0.3, -0.25) is 58.1 Å². The number of carboxylic acids is 1. The van der Waals surface area contributed by atoms with E-state index in [0.717, 1.165) is 35.3 Å². The molecular formula is C79H92N14O13S4. The quantitative estimate of drug-likeness (QED) is 0.0235. The standard InChI is InChI=1S/C39H43N7O6S2.C21H20N2O5.C18H25N5O2S2.CH4/c1-39(2,54(5)53)17-16-35(48)41-25-12-14-26(15-13-25)42-37(49)36-44-33(23-45(36)3)43-34(47)11-8-18-52-32-21-29-28(20-31(32)51-4)38(50)46-27(22-40-29)19-24-9-6-7-10-30(24)46;1-27-18-10-15-16(11-19(18)28-8-4-7-20(24)25)22-12-14-9-13-5-2-3-6-17(13)23(14)21(15)26;1-18(2,27(4)26)10-9-15(24)20-12-5-7-13(8-6-12)21-17(25)16-22-14(19)11-23(16)3;/h6-7,9-10,12-15,20-23,27H,8,11,16-19H2,1-5H3,(H,41,48)(H,42,49)(H,43,47);2-3,5-6,10-12,14H,4,7-9H2,1H3,(H,24,25);5-8,11H,9-10,19H2,1-4H3,(H,20,24)(H,21,25);1H4/t27-,54?;14-;;/m00../s1. The number of hydrogen-bond donors (Lipinski definition) is 7. The van der Waals surface area contributed by atoms with Crippen molar-refractivity contribution in [3.05, 3.63) is 168 Å². The average molecular weight is 1570 g/mol. The van der Waals surface area contributed by atoms with Gasteiger partial charge >= 0.3 is 5.97 Å². The zero-order chi connectivity index (χ0) is 78.4. The molecule has 12 rings (SSSR count). The fourth-order valence-corrected chi connectivity index (χ4v) is 13.3. The van der Waals surface area contributed by atoms with Gasteiger partial charge in [-0.05, 0) is 122 Å². The molecule has 0 aliphatic carbocycles. The van der Waals surface area contributed by atoms with E-state index in [4.69, 9.17) is 52.2 Å². The molecule has 4 atom stereocenters. The van der Waals surface area contributed by atoms with Gasteiger partial charge in [0, 0.05) is 133 Å². The van der Waals surface area contributed by atoms with E-state index < -0.39 is 11.9 Å². The number of aliphatic carboxylic acids is 1. The first-order chi connectivity index (χ1) is 52.0. The van der Waals surface area contributed by atoms with Crippen LogP contribution >= 0.6 is 0 Å². The van der Waals surface area contributed by atoms with Gasteiger partial charge in [0.05, 0.1) is 62.0 Å². The Morgan fingerprint density at radius 3 is 1.34 bits per heavy atom. The van der Waals surface area contributed by atoms with E-state index in [-0.39, 0.29) is 133 Å². The van der Waals surface area contributed by atoms with Crippen molar-refractivity contribution in [3.8, 4) is 23.0 Å². The second kappa shape index (κ2) is 36.9. The van der Waals surface area contributed by atoms with Crippen LogP contribution in [0.15, 0.2) is 144 Å². The number of nitrogens with zero attached hydrogens (tertiary/aromatic N) is 8. The highest BCUT2D eigenvalue weighted by Crippen LogP contribution is 2.43. The molecular weight excluding hydrogens is 1480 g/mol. The van der Waals surface area contributed by atoms with Crippen LogP contribution in [-0.4, -0.2) is 145 Å². The Bertz CT molecular complexity index is 4880. The molecule has 0 bridgehead atoms. The number of methoxy groups -OCH3 is 2. The molecule has 2 unspecified atom stereocenters. The van der Waals surface area contributed by atoms with Gasteiger partial charge in [-0.15, -0.1) is 18.9 Å². The molecule has 4 aliphatic rings. The number of aromatic nitrogens is 4. The third kappa shape index (κ3) is 20.9. The number of carboxylic acid groups (broad SMARTS) is 1. The summed E-state index contributed by atoms with van der Waals surface area (Å²) < 4.78 is 25.6. The monoisotopic (exact) mass is 1570 g/mol. The Balaban J connectivity index is 0.000000209. The number of nitrogens with two attached hydrogens (primary N) is 1. The molecule has 580 valence electrons. The summed E-state index contributed by atoms with van der Waals surface area (Å²) in [5, 5.41) is 22.8. The summed E-state index contributed by atoms with van der Waals surface area (Å²) >= 11 is 10.7. The van der Waals surface area contributed by atoms with Crippen LogP contribution in [0, 0.1) is 0 Å². The predicted octanol–water partition coefficient (Wildman–Crippen LogP) is 12.3. The van der Waals surface area contributed by atoms with Crippen LogP contribution in [-0.2, 0) is 87.4 Å². The first-order valence-electron chi connectivity index (χ1n) is 35.0. The van der Waals surface area contributed by atoms with Gasteiger partial charge in [0.25, 0.3) is 23.6 Å². The molecule has 110 heavy (non-hydrogen) atoms. The molecule has 0 fully saturated rings. The second-order valence-electron chi connectivity index (χ2n) is 27.3. The number of nitrogen functional groups attached to an aromatic ring is 1. The van der Waals surface area contributed by atoms with Crippen molar-refractivity contribution in [2.75, 3.05) is 82.1 Å². The Hall–Kier alpha value is -11.0. The first-order valence-corrected chi connectivity index (χ1v) is 40.2. The fourth-order valence-electron chi connectivity index (χ4n) is 12.1. The number of anilines is 8. The van der Waals surface area contributed by atoms with Crippen LogP contribution < -0.4 is 61.1 Å². The lowest BCUT2D eigenvalue weighted by Gasteiger charge is -2.23. The molecule has 27 nitrogen and oxygen atoms in total. The normalized spacial score (nSPS) is 14.7. The smallest absolute Gasteiger partial charge is 0.303 e. The van der Waals surface area contributed by atoms with Gasteiger partial charge in [0.2, 0.25) is 29.4 Å². The number of rotatable bonds is 27. The molecule has 2 aromatic heterocycles. The van der Waals surface area contributed by atoms with Crippen LogP contribution in [0.25, 0.3) is 0 Å². The Kier molecular flexibility index (Phi) is 27.9. The number of carbonyl (C=O) groups is 8. The number of fused-ring (bicyclic) bond motifs is 8. The SMILES string of the molecule is C.COc1cc2c(cc1OCCCC(=O)Nc1cn(C)c(C(=O)Nc3ccc(NC(=O)CCC(C)(C)S(C)=S)cc3)n1)N=C[C@@H]1Cc3ccccc3N1C2=O.COc1cc2c(cc1OCCCC(=O)O)N=C[C@@H]1Cc3ccccc3N1C2=O.Cn1cc(N)nc1C(=O)Nc1ccc(NC(=O)CCC(C)(C)S(C)=S)cc1. The molecule has 8 aromatic rings. The number of aliphatic imine (C=N–C) groups is 2. The number of ether oxygens (including phenoxy) is 4. The first kappa shape index (κ1) is 83.0. The lowest BCUT2D eigenvalue weighted by Crippen LogP contribution is -2.37. The summed E-state index contributed by atoms with van der Waals surface area (Å²) in [6, 6.07) is 35.8. The van der Waals surface area contributed by atoms with Gasteiger partial charge < -0.3 is 65.5 Å². The maximum absolute atomic E-state index is 13.6. The number of hydrogen-bond acceptors (Lipinski definition) is 19. The number of nitrogens with one attached hydrogen (secondary N) is 5. The molecule has 0 saturated heterocycles. The summed E-state index contributed by atoms with van der Waals surface area (Å²) in [7, 11) is 5.99. The Morgan fingerprint density at radius 1 is 0.545 bits per heavy atom. The molecule has 0 saturated carbocycles. The van der Waals surface area contributed by atoms with E-state index in [1.807, 2.05) is 61.0 Å². The van der Waals surface area contributed by atoms with Crippen LogP contribution in [0.4, 0.5) is 57.1 Å². The fraction of sp³-hybridized carbons (Fsp3) is 0.342. The van der Waals surface area contributed by atoms with E-state index in [1.165, 1.54) is 18.8 Å². The van der Waals surface area contributed by atoms with Gasteiger partial charge in [-0.2, -0.15) is 0 Å². The molecule has 7 amide bonds. The van der Waals surface area contributed by atoms with Crippen LogP contribution in [0.2, 0.25) is 0 Å². The number of para-hydroxylation sites is 2. The third-order valence-electron chi connectivity index (χ3n) is 18.6. The number of aryl methyl sites for hydroxylation is 2. The van der Waals surface area contributed by atoms with Gasteiger partial charge in [0.15, 0.2) is 28.8 Å². The van der Waals surface area contributed by atoms with E-state index in [9.17, 15) is 38.4 Å². The molecule has 6 aromatic carbocycles. The van der Waals surface area contributed by atoms with Gasteiger partial charge in [0.1, 0.15) is 5.82 Å². The van der Waals surface area contributed by atoms with Crippen molar-refractivity contribution in [1.29, 1.82) is 0 Å². The van der Waals surface area contributed by atoms with E-state index in [2.05, 4.69) is 74.2 Å². The van der Waals surface area contributed by atoms with E-state index >= 15 is 0 Å². The highest BCUT2D eigenvalue weighted by atomic mass is 32.8. The van der Waals surface area contributed by atoms with Crippen molar-refractivity contribution < 1.29 is 62.4 Å². The maximum Gasteiger partial charge on any atom is 0.303 e. The van der Waals surface area contributed by atoms with Crippen molar-refractivity contribution in [2.24, 2.45) is 24.1 Å². The van der Waals surface area contributed by atoms with Gasteiger partial charge in [-0.1, -0.05) is 93.9 Å². The van der Waals surface area contributed by atoms with E-state index in [0.29, 0.717) is 107 Å². The largest absolute Gasteiger partial charge is 0.493 e. The minimum Gasteiger partial charge on any atom is -0.493 e. The summed E-state index contributed by atoms with van der Waals surface area (Å²) in [6.45, 7) is 8.76. The zero-order valence-corrected chi connectivity index (χ0v) is 65.4. The van der Waals surface area contributed by atoms with Crippen LogP contribution in [0.5, 0.6) is 23.0 Å². The third-order valence-corrected chi connectivity index (χ3v) is 24.8. The molecule has 4 aliphatic heterocycles. The average Bonchev–Trinajstić information content (AvgIpc) is 1.61. The van der Waals surface area contributed by atoms with Crippen molar-refractivity contribution >= 4 is 158 Å². The van der Waals surface area contributed by atoms with Crippen LogP contribution in [0.1, 0.15) is 140 Å². The number of carbonyl (C=O) groups excluding carboxylic acids is 7. The van der Waals surface area contributed by atoms with Crippen LogP contribution in [0.3, 0.4) is 0 Å². The number of benzene rings is 6. The topological polar surface area (TPSA) is 347 Å². The molecule has 0 radical (unpaired) electrons. The molecule has 8 N–H and O–H groups in total. The van der Waals surface area contributed by atoms with Gasteiger partial charge in [-0.25, -0.2) is 9.97 Å².